The predicted octanol–water partition coefficient (Wildman–Crippen LogP) is 9.13. The van der Waals surface area contributed by atoms with Gasteiger partial charge in [0.25, 0.3) is 17.7 Å². The van der Waals surface area contributed by atoms with Gasteiger partial charge in [-0.05, 0) is 195 Å². The van der Waals surface area contributed by atoms with Gasteiger partial charge in [-0.15, -0.1) is 0 Å². The molecule has 0 unspecified atom stereocenters. The number of halogens is 5. The van der Waals surface area contributed by atoms with E-state index in [9.17, 15) is 90.4 Å². The number of nitrogens with two attached hydrogens (primary N) is 1. The van der Waals surface area contributed by atoms with Crippen LogP contribution < -0.4 is 5.73 Å². The van der Waals surface area contributed by atoms with Gasteiger partial charge in [-0.3, -0.25) is 38.4 Å². The topological polar surface area (TPSA) is 311 Å². The molecule has 9 atom stereocenters. The first-order valence-electron chi connectivity index (χ1n) is 40.0. The van der Waals surface area contributed by atoms with Gasteiger partial charge >= 0.3 is 0 Å². The van der Waals surface area contributed by atoms with Crippen molar-refractivity contribution >= 4 is 83.4 Å². The molecule has 6 aromatic rings. The Labute approximate surface area is 694 Å². The molecule has 6 aliphatic rings. The van der Waals surface area contributed by atoms with Crippen LogP contribution in [0.4, 0.5) is 22.0 Å². The molecule has 3 saturated carbocycles. The number of piperazine rings is 3. The normalized spacial score (nSPS) is 20.1. The minimum atomic E-state index is -3.37. The molecule has 3 heterocycles. The lowest BCUT2D eigenvalue weighted by atomic mass is 10.0. The number of unbranched alkanes of at least 4 members (excludes halogenated alkanes) is 1. The minimum absolute atomic E-state index is 0.0788. The van der Waals surface area contributed by atoms with E-state index in [2.05, 4.69) is 0 Å². The van der Waals surface area contributed by atoms with Gasteiger partial charge in [0.2, 0.25) is 47.8 Å². The number of nitrogens with zero attached hydrogens (tertiary/aromatic N) is 9. The van der Waals surface area contributed by atoms with Crippen molar-refractivity contribution in [1.29, 1.82) is 0 Å². The molecule has 644 valence electrons. The number of sulfonamides is 3. The summed E-state index contributed by atoms with van der Waals surface area (Å²) in [5.41, 5.74) is 9.85. The zero-order chi connectivity index (χ0) is 86.6. The molecule has 3 saturated heterocycles. The largest absolute Gasteiger partial charge is 0.338 e. The molecule has 25 nitrogen and oxygen atoms in total. The lowest BCUT2D eigenvalue weighted by Crippen LogP contribution is -2.56. The average molecular weight is 1710 g/mol. The molecule has 12 rings (SSSR count). The van der Waals surface area contributed by atoms with E-state index in [0.29, 0.717) is 68.9 Å². The van der Waals surface area contributed by atoms with Crippen LogP contribution >= 0.6 is 0 Å². The minimum Gasteiger partial charge on any atom is -0.338 e. The summed E-state index contributed by atoms with van der Waals surface area (Å²) in [7, 11) is -5.41. The molecular formula is C86H107F5N10O15S3. The summed E-state index contributed by atoms with van der Waals surface area (Å²) in [6, 6.07) is 36.1. The lowest BCUT2D eigenvalue weighted by Gasteiger charge is -2.37. The Morgan fingerprint density at radius 1 is 0.387 bits per heavy atom. The van der Waals surface area contributed by atoms with Crippen LogP contribution in [0.5, 0.6) is 0 Å². The van der Waals surface area contributed by atoms with Gasteiger partial charge in [-0.1, -0.05) is 54.6 Å². The second kappa shape index (κ2) is 42.6. The van der Waals surface area contributed by atoms with E-state index in [-0.39, 0.29) is 185 Å². The first-order valence-corrected chi connectivity index (χ1v) is 45.5. The van der Waals surface area contributed by atoms with Gasteiger partial charge in [0.05, 0.1) is 18.8 Å². The Kier molecular flexibility index (Phi) is 33.4. The Balaban J connectivity index is 0.000000192. The van der Waals surface area contributed by atoms with Crippen LogP contribution in [0.1, 0.15) is 155 Å². The van der Waals surface area contributed by atoms with Crippen molar-refractivity contribution in [3.63, 3.8) is 0 Å². The number of benzene rings is 6. The quantitative estimate of drug-likeness (QED) is 0.0241. The number of Topliss-reactive ketones (excluding diaryl/α,β-unsaturated/α-hetero) is 2. The first-order chi connectivity index (χ1) is 56.4. The fraction of sp³-hybridized carbons (Fsp3) is 0.477. The fourth-order valence-electron chi connectivity index (χ4n) is 15.3. The number of amides is 6. The Morgan fingerprint density at radius 3 is 0.916 bits per heavy atom. The van der Waals surface area contributed by atoms with Crippen LogP contribution in [0, 0.1) is 40.9 Å². The van der Waals surface area contributed by atoms with E-state index in [1.165, 1.54) is 132 Å². The fourth-order valence-corrected chi connectivity index (χ4v) is 17.7. The monoisotopic (exact) mass is 1710 g/mol. The number of hydrogen-bond acceptors (Lipinski definition) is 16. The van der Waals surface area contributed by atoms with E-state index in [4.69, 9.17) is 5.73 Å². The van der Waals surface area contributed by atoms with E-state index >= 15 is 0 Å². The van der Waals surface area contributed by atoms with Crippen LogP contribution in [0.3, 0.4) is 0 Å². The number of carbonyl (C=O) groups excluding carboxylic acids is 9. The molecule has 6 fully saturated rings. The summed E-state index contributed by atoms with van der Waals surface area (Å²) in [5.74, 6) is -1.98. The second-order valence-electron chi connectivity index (χ2n) is 31.4. The molecule has 3 aliphatic carbocycles. The molecule has 33 heteroatoms. The highest BCUT2D eigenvalue weighted by atomic mass is 32.2. The Hall–Kier alpha value is -9.51. The second-order valence-corrected chi connectivity index (χ2v) is 37.3. The molecule has 3 aliphatic heterocycles. The maximum absolute atomic E-state index is 13.6. The number of carbonyl (C=O) groups is 9. The number of aldehydes is 1. The molecule has 0 spiro atoms. The summed E-state index contributed by atoms with van der Waals surface area (Å²) in [6.07, 6.45) is 10.9. The summed E-state index contributed by atoms with van der Waals surface area (Å²) in [4.78, 5) is 124. The summed E-state index contributed by atoms with van der Waals surface area (Å²) in [5, 5.41) is 0. The molecule has 2 N–H and O–H groups in total. The van der Waals surface area contributed by atoms with E-state index in [1.54, 1.807) is 70.3 Å². The predicted molar refractivity (Wildman–Crippen MR) is 439 cm³/mol. The maximum Gasteiger partial charge on any atom is 0.254 e. The van der Waals surface area contributed by atoms with Crippen molar-refractivity contribution < 1.29 is 90.4 Å². The molecular weight excluding hydrogens is 1600 g/mol. The molecule has 119 heavy (non-hydrogen) atoms. The summed E-state index contributed by atoms with van der Waals surface area (Å²) in [6.45, 7) is 2.52. The Bertz CT molecular complexity index is 4830. The smallest absolute Gasteiger partial charge is 0.254 e. The van der Waals surface area contributed by atoms with Crippen molar-refractivity contribution in [2.75, 3.05) is 118 Å². The van der Waals surface area contributed by atoms with Crippen molar-refractivity contribution in [3.05, 3.63) is 214 Å². The highest BCUT2D eigenvalue weighted by molar-refractivity contribution is 7.88. The van der Waals surface area contributed by atoms with E-state index < -0.39 is 71.6 Å². The summed E-state index contributed by atoms with van der Waals surface area (Å²) < 4.78 is 140. The van der Waals surface area contributed by atoms with Crippen molar-refractivity contribution in [3.8, 4) is 0 Å². The van der Waals surface area contributed by atoms with Crippen LogP contribution in [-0.2, 0) is 58.8 Å². The van der Waals surface area contributed by atoms with Crippen LogP contribution in [0.25, 0.3) is 0 Å². The third kappa shape index (κ3) is 27.5. The van der Waals surface area contributed by atoms with Gasteiger partial charge < -0.3 is 39.9 Å². The van der Waals surface area contributed by atoms with Gasteiger partial charge in [-0.25, -0.2) is 47.2 Å². The number of hydrogen-bond donors (Lipinski definition) is 1. The van der Waals surface area contributed by atoms with Crippen LogP contribution in [-0.4, -0.2) is 263 Å². The highest BCUT2D eigenvalue weighted by Gasteiger charge is 2.43. The Morgan fingerprint density at radius 2 is 0.647 bits per heavy atom. The lowest BCUT2D eigenvalue weighted by molar-refractivity contribution is -0.138. The number of rotatable bonds is 31. The maximum atomic E-state index is 13.6. The van der Waals surface area contributed by atoms with Crippen LogP contribution in [0.15, 0.2) is 152 Å². The zero-order valence-corrected chi connectivity index (χ0v) is 70.4. The molecule has 6 amide bonds. The molecule has 0 aromatic heterocycles. The van der Waals surface area contributed by atoms with Crippen LogP contribution in [0.2, 0.25) is 0 Å². The van der Waals surface area contributed by atoms with Gasteiger partial charge in [0, 0.05) is 160 Å². The van der Waals surface area contributed by atoms with Gasteiger partial charge in [-0.2, -0.15) is 12.9 Å². The number of ketones is 2. The van der Waals surface area contributed by atoms with E-state index in [0.717, 1.165) is 55.4 Å². The average Bonchev–Trinajstić information content (AvgIpc) is 1.68. The third-order valence-electron chi connectivity index (χ3n) is 22.7. The van der Waals surface area contributed by atoms with Gasteiger partial charge in [0.1, 0.15) is 65.1 Å². The summed E-state index contributed by atoms with van der Waals surface area (Å²) >= 11 is 0. The first kappa shape index (κ1) is 93.4. The molecule has 6 aromatic carbocycles. The number of likely N-dealkylation sites (N-methyl/N-ethyl adjacent to an activating group) is 3. The zero-order valence-electron chi connectivity index (χ0n) is 67.9. The highest BCUT2D eigenvalue weighted by Crippen LogP contribution is 2.51. The van der Waals surface area contributed by atoms with Crippen molar-refractivity contribution in [1.82, 2.24) is 42.3 Å². The SMILES string of the molecule is CN(C(=O)c1ccc(F)cc1)[C@@H](CCCC(=O)C[C@@H]1C[C@H]1c1ccc(F)cc1)C(=O)N1CCN(S(C)(=O)=O)CC1.CN(C(=O)c1ccc(F)cc1)[C@@H](CCCC=O)C(=O)N1CCN(S(C)(=O)=O)CC1.CN(C(=O)c1ccccc1)[C@@H](CCCC(=O)C[C@@H]1C[C@H]1c1ccc(F)cc1)C(=O)N1CCN(S(C)(=O)=O)CC1.N[C@@H]1C[C@H]1c1ccc(F)cc1. The van der Waals surface area contributed by atoms with Crippen molar-refractivity contribution in [2.24, 2.45) is 17.6 Å². The van der Waals surface area contributed by atoms with Gasteiger partial charge in [0.15, 0.2) is 0 Å². The molecule has 0 radical (unpaired) electrons. The van der Waals surface area contributed by atoms with E-state index in [1.807, 2.05) is 18.2 Å². The third-order valence-corrected chi connectivity index (χ3v) is 26.6. The standard InChI is InChI=1S/C29H35F2N3O5S.C29H36FN3O5S.C19H26FN3O5S.C9H10FN/c1-32(28(36)21-8-12-24(31)13-9-21)27(29(37)33-14-16-34(17-15-33)40(2,38)39)5-3-4-25(35)18-22-19-26(22)20-6-10-23(30)11-7-20;1-31(28(35)22-7-4-3-5-8-22)27(29(36)32-15-17-33(18-16-32)39(2,37)38)10-6-9-25(34)19-23-20-26(23)21-11-13-24(30)14-12-21;1-21(18(25)15-6-8-16(20)9-7-15)17(5-3-4-14-24)19(26)22-10-12-23(13-11-22)29(2,27)28;10-7-3-1-6(2-4-7)8-5-9(8)11/h6-13,22,26-27H,3-5,14-19H2,1-2H3;3-5,7-8,11-14,23,26-27H,6,9-10,15-20H2,1-2H3;6-9,14,17H,3-5,10-13H2,1-2H3;1-4,8-9H,5,11H2/t22-,26+,27+;23-,26+,27+;17-;8-,9+/m1100/s1. The van der Waals surface area contributed by atoms with Crippen molar-refractivity contribution in [2.45, 2.75) is 132 Å². The molecule has 0 bridgehead atoms.